The minimum atomic E-state index is -0.850. The van der Waals surface area contributed by atoms with E-state index in [4.69, 9.17) is 4.74 Å². The third-order valence-corrected chi connectivity index (χ3v) is 5.15. The number of carbonyl (C=O) groups excluding carboxylic acids is 1. The van der Waals surface area contributed by atoms with Crippen LogP contribution >= 0.6 is 0 Å². The van der Waals surface area contributed by atoms with Crippen LogP contribution in [0.5, 0.6) is 0 Å². The van der Waals surface area contributed by atoms with Gasteiger partial charge in [-0.25, -0.2) is 9.18 Å². The lowest BCUT2D eigenvalue weighted by atomic mass is 9.90. The van der Waals surface area contributed by atoms with Crippen molar-refractivity contribution in [2.75, 3.05) is 19.7 Å². The van der Waals surface area contributed by atoms with Crippen LogP contribution < -0.4 is 5.32 Å². The summed E-state index contributed by atoms with van der Waals surface area (Å²) in [6.45, 7) is 3.30. The Hall–Kier alpha value is -2.15. The molecule has 142 valence electrons. The summed E-state index contributed by atoms with van der Waals surface area (Å²) in [4.78, 5) is 25.5. The van der Waals surface area contributed by atoms with Gasteiger partial charge in [0.2, 0.25) is 0 Å². The molecule has 4 unspecified atom stereocenters. The van der Waals surface area contributed by atoms with Gasteiger partial charge in [0.1, 0.15) is 5.82 Å². The van der Waals surface area contributed by atoms with E-state index >= 15 is 0 Å². The number of ether oxygens (including phenoxy) is 1. The second kappa shape index (κ2) is 8.03. The summed E-state index contributed by atoms with van der Waals surface area (Å²) >= 11 is 0. The van der Waals surface area contributed by atoms with Gasteiger partial charge in [0.15, 0.2) is 0 Å². The van der Waals surface area contributed by atoms with Crippen LogP contribution in [0.25, 0.3) is 0 Å². The van der Waals surface area contributed by atoms with Gasteiger partial charge >= 0.3 is 12.0 Å². The number of nitrogens with zero attached hydrogens (tertiary/aromatic N) is 1. The van der Waals surface area contributed by atoms with Gasteiger partial charge in [0, 0.05) is 25.7 Å². The number of carboxylic acids is 1. The van der Waals surface area contributed by atoms with Gasteiger partial charge in [0.05, 0.1) is 12.0 Å². The normalized spacial score (nSPS) is 29.2. The van der Waals surface area contributed by atoms with Crippen LogP contribution in [0.1, 0.15) is 37.9 Å². The Morgan fingerprint density at radius 1 is 1.23 bits per heavy atom. The molecule has 2 heterocycles. The first-order chi connectivity index (χ1) is 12.4. The zero-order valence-electron chi connectivity index (χ0n) is 14.9. The van der Waals surface area contributed by atoms with E-state index in [2.05, 4.69) is 5.32 Å². The third-order valence-electron chi connectivity index (χ3n) is 5.15. The van der Waals surface area contributed by atoms with Crippen molar-refractivity contribution in [1.82, 2.24) is 10.2 Å². The number of hydrogen-bond acceptors (Lipinski definition) is 3. The standard InChI is InChI=1S/C19H25FN2O4/c1-12-8-14(18(23)24)11-22(10-12)19(25)21-16-6-7-26-17(9-16)13-2-4-15(20)5-3-13/h2-5,12,14,16-17H,6-11H2,1H3,(H,21,25)(H,23,24). The number of halogens is 1. The van der Waals surface area contributed by atoms with Gasteiger partial charge in [0.25, 0.3) is 0 Å². The molecule has 26 heavy (non-hydrogen) atoms. The van der Waals surface area contributed by atoms with Gasteiger partial charge in [-0.15, -0.1) is 0 Å². The molecular formula is C19H25FN2O4. The van der Waals surface area contributed by atoms with E-state index in [-0.39, 0.29) is 36.5 Å². The van der Waals surface area contributed by atoms with Crippen LogP contribution in [0.2, 0.25) is 0 Å². The predicted octanol–water partition coefficient (Wildman–Crippen LogP) is 2.80. The number of carbonyl (C=O) groups is 2. The molecule has 6 nitrogen and oxygen atoms in total. The molecule has 1 aromatic carbocycles. The third kappa shape index (κ3) is 4.52. The molecule has 0 aliphatic carbocycles. The second-order valence-electron chi connectivity index (χ2n) is 7.36. The summed E-state index contributed by atoms with van der Waals surface area (Å²) in [5, 5.41) is 12.3. The van der Waals surface area contributed by atoms with E-state index in [0.717, 1.165) is 5.56 Å². The highest BCUT2D eigenvalue weighted by Crippen LogP contribution is 2.29. The van der Waals surface area contributed by atoms with E-state index in [1.54, 1.807) is 17.0 Å². The van der Waals surface area contributed by atoms with Crippen LogP contribution in [0.4, 0.5) is 9.18 Å². The van der Waals surface area contributed by atoms with E-state index in [1.807, 2.05) is 6.92 Å². The molecule has 2 aliphatic rings. The molecule has 0 spiro atoms. The number of rotatable bonds is 3. The highest BCUT2D eigenvalue weighted by atomic mass is 19.1. The number of carboxylic acid groups (broad SMARTS) is 1. The van der Waals surface area contributed by atoms with Crippen LogP contribution in [-0.2, 0) is 9.53 Å². The Kier molecular flexibility index (Phi) is 5.76. The number of hydrogen-bond donors (Lipinski definition) is 2. The summed E-state index contributed by atoms with van der Waals surface area (Å²) in [6.07, 6.45) is 1.74. The van der Waals surface area contributed by atoms with Crippen LogP contribution in [0.3, 0.4) is 0 Å². The molecule has 4 atom stereocenters. The maximum atomic E-state index is 13.1. The fraction of sp³-hybridized carbons (Fsp3) is 0.579. The molecule has 0 saturated carbocycles. The van der Waals surface area contributed by atoms with Crippen molar-refractivity contribution in [1.29, 1.82) is 0 Å². The van der Waals surface area contributed by atoms with Gasteiger partial charge in [-0.2, -0.15) is 0 Å². The fourth-order valence-electron chi connectivity index (χ4n) is 3.80. The Morgan fingerprint density at radius 2 is 1.96 bits per heavy atom. The summed E-state index contributed by atoms with van der Waals surface area (Å²) in [6, 6.07) is 5.95. The Labute approximate surface area is 152 Å². The number of likely N-dealkylation sites (tertiary alicyclic amines) is 1. The minimum Gasteiger partial charge on any atom is -0.481 e. The maximum absolute atomic E-state index is 13.1. The van der Waals surface area contributed by atoms with Gasteiger partial charge in [-0.1, -0.05) is 19.1 Å². The molecule has 1 aromatic rings. The first-order valence-corrected chi connectivity index (χ1v) is 9.07. The predicted molar refractivity (Wildman–Crippen MR) is 93.1 cm³/mol. The van der Waals surface area contributed by atoms with Crippen molar-refractivity contribution in [3.63, 3.8) is 0 Å². The molecular weight excluding hydrogens is 339 g/mol. The van der Waals surface area contributed by atoms with Crippen molar-refractivity contribution >= 4 is 12.0 Å². The first-order valence-electron chi connectivity index (χ1n) is 9.07. The van der Waals surface area contributed by atoms with Crippen LogP contribution in [-0.4, -0.2) is 47.7 Å². The van der Waals surface area contributed by atoms with Crippen molar-refractivity contribution in [3.05, 3.63) is 35.6 Å². The van der Waals surface area contributed by atoms with E-state index in [1.165, 1.54) is 12.1 Å². The Bertz CT molecular complexity index is 651. The number of benzene rings is 1. The lowest BCUT2D eigenvalue weighted by molar-refractivity contribution is -0.143. The van der Waals surface area contributed by atoms with Crippen molar-refractivity contribution in [2.45, 2.75) is 38.3 Å². The topological polar surface area (TPSA) is 78.9 Å². The number of amides is 2. The van der Waals surface area contributed by atoms with Crippen molar-refractivity contribution < 1.29 is 23.8 Å². The monoisotopic (exact) mass is 364 g/mol. The van der Waals surface area contributed by atoms with Gasteiger partial charge < -0.3 is 20.1 Å². The quantitative estimate of drug-likeness (QED) is 0.864. The second-order valence-corrected chi connectivity index (χ2v) is 7.36. The summed E-state index contributed by atoms with van der Waals surface area (Å²) < 4.78 is 18.8. The molecule has 0 radical (unpaired) electrons. The average molecular weight is 364 g/mol. The lowest BCUT2D eigenvalue weighted by Gasteiger charge is -2.37. The van der Waals surface area contributed by atoms with Crippen LogP contribution in [0.15, 0.2) is 24.3 Å². The van der Waals surface area contributed by atoms with Gasteiger partial charge in [-0.3, -0.25) is 4.79 Å². The molecule has 7 heteroatoms. The van der Waals surface area contributed by atoms with E-state index < -0.39 is 11.9 Å². The number of aliphatic carboxylic acids is 1. The lowest BCUT2D eigenvalue weighted by Crippen LogP contribution is -2.52. The molecule has 3 rings (SSSR count). The van der Waals surface area contributed by atoms with Crippen molar-refractivity contribution in [3.8, 4) is 0 Å². The smallest absolute Gasteiger partial charge is 0.317 e. The molecule has 0 aromatic heterocycles. The average Bonchev–Trinajstić information content (AvgIpc) is 2.62. The summed E-state index contributed by atoms with van der Waals surface area (Å²) in [5.74, 6) is -1.48. The molecule has 2 saturated heterocycles. The zero-order chi connectivity index (χ0) is 18.7. The minimum absolute atomic E-state index is 0.0492. The fourth-order valence-corrected chi connectivity index (χ4v) is 3.80. The highest BCUT2D eigenvalue weighted by molar-refractivity contribution is 5.76. The van der Waals surface area contributed by atoms with Gasteiger partial charge in [-0.05, 0) is 42.9 Å². The molecule has 2 N–H and O–H groups in total. The largest absolute Gasteiger partial charge is 0.481 e. The zero-order valence-corrected chi connectivity index (χ0v) is 14.9. The highest BCUT2D eigenvalue weighted by Gasteiger charge is 2.33. The van der Waals surface area contributed by atoms with Crippen molar-refractivity contribution in [2.24, 2.45) is 11.8 Å². The number of urea groups is 1. The number of piperidine rings is 1. The first kappa shape index (κ1) is 18.6. The molecule has 2 fully saturated rings. The van der Waals surface area contributed by atoms with Crippen LogP contribution in [0, 0.1) is 17.7 Å². The summed E-state index contributed by atoms with van der Waals surface area (Å²) in [7, 11) is 0. The Balaban J connectivity index is 1.58. The van der Waals surface area contributed by atoms with E-state index in [0.29, 0.717) is 32.4 Å². The molecule has 0 bridgehead atoms. The maximum Gasteiger partial charge on any atom is 0.317 e. The number of nitrogens with one attached hydrogen (secondary N) is 1. The summed E-state index contributed by atoms with van der Waals surface area (Å²) in [5.41, 5.74) is 0.892. The molecule has 2 aliphatic heterocycles. The SMILES string of the molecule is CC1CC(C(=O)O)CN(C(=O)NC2CCOC(c3ccc(F)cc3)C2)C1. The van der Waals surface area contributed by atoms with E-state index in [9.17, 15) is 19.1 Å². The molecule has 2 amide bonds. The Morgan fingerprint density at radius 3 is 2.65 bits per heavy atom.